The molecule has 0 atom stereocenters. The van der Waals surface area contributed by atoms with Gasteiger partial charge in [0.15, 0.2) is 6.20 Å². The maximum Gasteiger partial charge on any atom is 0.213 e. The Morgan fingerprint density at radius 3 is 2.13 bits per heavy atom. The number of hydrogen-bond donors (Lipinski definition) is 0. The number of unbranched alkanes of at least 4 members (excludes halogenated alkanes) is 2. The van der Waals surface area contributed by atoms with Crippen molar-refractivity contribution >= 4 is 39.5 Å². The van der Waals surface area contributed by atoms with Crippen molar-refractivity contribution in [2.45, 2.75) is 32.7 Å². The van der Waals surface area contributed by atoms with E-state index in [0.29, 0.717) is 0 Å². The number of hydrogen-bond acceptors (Lipinski definition) is 1. The van der Waals surface area contributed by atoms with Gasteiger partial charge in [-0.1, -0.05) is 68.0 Å². The minimum atomic E-state index is 1.08. The fourth-order valence-electron chi connectivity index (χ4n) is 4.20. The van der Waals surface area contributed by atoms with Crippen molar-refractivity contribution in [2.75, 3.05) is 19.0 Å². The number of para-hydroxylation sites is 1. The van der Waals surface area contributed by atoms with Gasteiger partial charge in [-0.15, -0.1) is 0 Å². The molecule has 1 aromatic heterocycles. The van der Waals surface area contributed by atoms with Gasteiger partial charge in [-0.25, -0.2) is 0 Å². The zero-order valence-electron chi connectivity index (χ0n) is 18.3. The second-order valence-electron chi connectivity index (χ2n) is 8.14. The van der Waals surface area contributed by atoms with Gasteiger partial charge in [0, 0.05) is 43.7 Å². The molecule has 0 aliphatic heterocycles. The van der Waals surface area contributed by atoms with E-state index in [4.69, 9.17) is 0 Å². The van der Waals surface area contributed by atoms with Crippen LogP contribution in [0, 0.1) is 0 Å². The van der Waals surface area contributed by atoms with Crippen LogP contribution in [0.25, 0.3) is 33.8 Å². The Balaban J connectivity index is 1.73. The standard InChI is InChI=1S/C28H31N2/c1-4-5-10-20-30-21-19-23(25-12-8-9-14-28(25)30)16-15-22-17-18-27(29(2)3)26-13-7-6-11-24(22)26/h6-9,11-19,21H,4-5,10,20H2,1-3H3/q+1. The molecular formula is C28H31N2+. The number of aromatic nitrogens is 1. The summed E-state index contributed by atoms with van der Waals surface area (Å²) in [4.78, 5) is 2.18. The Kier molecular flexibility index (Phi) is 6.13. The summed E-state index contributed by atoms with van der Waals surface area (Å²) in [6, 6.07) is 24.1. The molecule has 0 radical (unpaired) electrons. The topological polar surface area (TPSA) is 7.12 Å². The minimum absolute atomic E-state index is 1.08. The van der Waals surface area contributed by atoms with Crippen molar-refractivity contribution in [3.63, 3.8) is 0 Å². The Morgan fingerprint density at radius 2 is 1.40 bits per heavy atom. The van der Waals surface area contributed by atoms with Crippen LogP contribution in [0.2, 0.25) is 0 Å². The highest BCUT2D eigenvalue weighted by Gasteiger charge is 2.11. The molecule has 3 aromatic carbocycles. The third-order valence-corrected chi connectivity index (χ3v) is 5.82. The normalized spacial score (nSPS) is 11.6. The summed E-state index contributed by atoms with van der Waals surface area (Å²) in [5.41, 5.74) is 5.07. The Labute approximate surface area is 180 Å². The highest BCUT2D eigenvalue weighted by atomic mass is 15.1. The smallest absolute Gasteiger partial charge is 0.213 e. The highest BCUT2D eigenvalue weighted by molar-refractivity contribution is 6.01. The fraction of sp³-hybridized carbons (Fsp3) is 0.250. The molecule has 0 saturated heterocycles. The van der Waals surface area contributed by atoms with Crippen LogP contribution < -0.4 is 9.47 Å². The maximum absolute atomic E-state index is 2.39. The number of benzene rings is 3. The molecule has 4 rings (SSSR count). The van der Waals surface area contributed by atoms with Crippen molar-refractivity contribution < 1.29 is 4.57 Å². The largest absolute Gasteiger partial charge is 0.377 e. The van der Waals surface area contributed by atoms with E-state index in [1.54, 1.807) is 0 Å². The first kappa shape index (κ1) is 20.2. The lowest BCUT2D eigenvalue weighted by atomic mass is 10.0. The molecule has 0 unspecified atom stereocenters. The van der Waals surface area contributed by atoms with E-state index in [-0.39, 0.29) is 0 Å². The van der Waals surface area contributed by atoms with Crippen LogP contribution in [-0.4, -0.2) is 14.1 Å². The summed E-state index contributed by atoms with van der Waals surface area (Å²) in [5, 5.41) is 3.88. The molecule has 0 aliphatic rings. The van der Waals surface area contributed by atoms with Crippen LogP contribution >= 0.6 is 0 Å². The first-order chi connectivity index (χ1) is 14.7. The average Bonchev–Trinajstić information content (AvgIpc) is 2.78. The summed E-state index contributed by atoms with van der Waals surface area (Å²) in [5.74, 6) is 0. The molecule has 0 saturated carbocycles. The number of aryl methyl sites for hydroxylation is 1. The van der Waals surface area contributed by atoms with E-state index < -0.39 is 0 Å². The third kappa shape index (κ3) is 4.09. The molecule has 1 heterocycles. The maximum atomic E-state index is 2.39. The van der Waals surface area contributed by atoms with E-state index in [0.717, 1.165) is 6.54 Å². The summed E-state index contributed by atoms with van der Waals surface area (Å²) in [6.45, 7) is 3.33. The van der Waals surface area contributed by atoms with Gasteiger partial charge in [0.2, 0.25) is 5.52 Å². The summed E-state index contributed by atoms with van der Waals surface area (Å²) >= 11 is 0. The Bertz CT molecular complexity index is 1190. The number of pyridine rings is 1. The highest BCUT2D eigenvalue weighted by Crippen LogP contribution is 2.30. The quantitative estimate of drug-likeness (QED) is 0.249. The van der Waals surface area contributed by atoms with E-state index in [1.165, 1.54) is 57.8 Å². The van der Waals surface area contributed by atoms with Gasteiger partial charge in [-0.3, -0.25) is 0 Å². The van der Waals surface area contributed by atoms with Gasteiger partial charge in [0.25, 0.3) is 0 Å². The molecular weight excluding hydrogens is 364 g/mol. The molecule has 30 heavy (non-hydrogen) atoms. The first-order valence-electron chi connectivity index (χ1n) is 11.0. The Morgan fingerprint density at radius 1 is 0.733 bits per heavy atom. The van der Waals surface area contributed by atoms with Gasteiger partial charge in [-0.05, 0) is 35.1 Å². The van der Waals surface area contributed by atoms with Crippen molar-refractivity contribution in [2.24, 2.45) is 0 Å². The monoisotopic (exact) mass is 395 g/mol. The van der Waals surface area contributed by atoms with Crippen LogP contribution in [0.15, 0.2) is 72.9 Å². The van der Waals surface area contributed by atoms with Crippen LogP contribution in [0.5, 0.6) is 0 Å². The molecule has 0 N–H and O–H groups in total. The number of rotatable bonds is 7. The van der Waals surface area contributed by atoms with Crippen LogP contribution in [-0.2, 0) is 6.54 Å². The van der Waals surface area contributed by atoms with Gasteiger partial charge in [-0.2, -0.15) is 4.57 Å². The lowest BCUT2D eigenvalue weighted by molar-refractivity contribution is -0.671. The number of fused-ring (bicyclic) bond motifs is 2. The fourth-order valence-corrected chi connectivity index (χ4v) is 4.20. The second-order valence-corrected chi connectivity index (χ2v) is 8.14. The lowest BCUT2D eigenvalue weighted by Crippen LogP contribution is -2.34. The predicted octanol–water partition coefficient (Wildman–Crippen LogP) is 6.71. The van der Waals surface area contributed by atoms with Gasteiger partial charge in [0.05, 0.1) is 5.39 Å². The van der Waals surface area contributed by atoms with Crippen molar-refractivity contribution in [1.29, 1.82) is 0 Å². The summed E-state index contributed by atoms with van der Waals surface area (Å²) < 4.78 is 2.39. The van der Waals surface area contributed by atoms with Crippen molar-refractivity contribution in [3.8, 4) is 0 Å². The van der Waals surface area contributed by atoms with E-state index in [1.807, 2.05) is 0 Å². The SMILES string of the molecule is CCCCC[n+]1ccc(/C=C/c2ccc(N(C)C)c3ccccc23)c2ccccc21. The molecule has 2 nitrogen and oxygen atoms in total. The van der Waals surface area contributed by atoms with Gasteiger partial charge in [0.1, 0.15) is 6.54 Å². The summed E-state index contributed by atoms with van der Waals surface area (Å²) in [7, 11) is 4.20. The molecule has 4 aromatic rings. The zero-order valence-corrected chi connectivity index (χ0v) is 18.3. The Hall–Kier alpha value is -3.13. The van der Waals surface area contributed by atoms with Gasteiger partial charge >= 0.3 is 0 Å². The van der Waals surface area contributed by atoms with E-state index in [2.05, 4.69) is 116 Å². The van der Waals surface area contributed by atoms with Crippen molar-refractivity contribution in [1.82, 2.24) is 0 Å². The number of nitrogens with zero attached hydrogens (tertiary/aromatic N) is 2. The molecule has 2 heteroatoms. The van der Waals surface area contributed by atoms with Crippen molar-refractivity contribution in [3.05, 3.63) is 84.1 Å². The predicted molar refractivity (Wildman–Crippen MR) is 131 cm³/mol. The minimum Gasteiger partial charge on any atom is -0.377 e. The molecule has 152 valence electrons. The zero-order chi connectivity index (χ0) is 20.9. The summed E-state index contributed by atoms with van der Waals surface area (Å²) in [6.07, 6.45) is 10.5. The molecule has 0 aliphatic carbocycles. The van der Waals surface area contributed by atoms with Crippen LogP contribution in [0.1, 0.15) is 37.3 Å². The second kappa shape index (κ2) is 9.13. The molecule has 0 fully saturated rings. The average molecular weight is 396 g/mol. The van der Waals surface area contributed by atoms with Crippen LogP contribution in [0.4, 0.5) is 5.69 Å². The lowest BCUT2D eigenvalue weighted by Gasteiger charge is -2.16. The molecule has 0 amide bonds. The third-order valence-electron chi connectivity index (χ3n) is 5.82. The molecule has 0 spiro atoms. The van der Waals surface area contributed by atoms with E-state index in [9.17, 15) is 0 Å². The van der Waals surface area contributed by atoms with E-state index >= 15 is 0 Å². The van der Waals surface area contributed by atoms with Crippen LogP contribution in [0.3, 0.4) is 0 Å². The first-order valence-corrected chi connectivity index (χ1v) is 11.0. The number of anilines is 1. The van der Waals surface area contributed by atoms with Gasteiger partial charge < -0.3 is 4.90 Å². The molecule has 0 bridgehead atoms.